The second kappa shape index (κ2) is 6.06. The van der Waals surface area contributed by atoms with E-state index >= 15 is 0 Å². The van der Waals surface area contributed by atoms with Crippen LogP contribution in [0.3, 0.4) is 0 Å². The second-order valence-corrected chi connectivity index (χ2v) is 8.97. The summed E-state index contributed by atoms with van der Waals surface area (Å²) in [7, 11) is 0. The first kappa shape index (κ1) is 17.2. The molecule has 5 rings (SSSR count). The van der Waals surface area contributed by atoms with Gasteiger partial charge in [-0.05, 0) is 44.7 Å². The molecule has 27 heavy (non-hydrogen) atoms. The second-order valence-electron chi connectivity index (χ2n) is 8.97. The number of hydrogen-bond acceptors (Lipinski definition) is 4. The van der Waals surface area contributed by atoms with E-state index in [-0.39, 0.29) is 17.6 Å². The maximum atomic E-state index is 13.2. The van der Waals surface area contributed by atoms with E-state index in [2.05, 4.69) is 18.7 Å². The Morgan fingerprint density at radius 3 is 2.67 bits per heavy atom. The molecule has 0 aromatic heterocycles. The van der Waals surface area contributed by atoms with Crippen molar-refractivity contribution in [2.75, 3.05) is 26.2 Å². The van der Waals surface area contributed by atoms with Gasteiger partial charge < -0.3 is 9.64 Å². The standard InChI is InChI=1S/C22H28N2O3/c1-14(2)23-9-11-24(12-10-23)21(26)19-16-7-8-22(20(16)19)13-17(25)15-5-3-4-6-18(15)27-22/h3-6,14,16,19-20H,7-13H2,1-2H3/t16-,19-,20+,22-/m1/s1. The highest BCUT2D eigenvalue weighted by atomic mass is 16.5. The molecule has 4 atom stereocenters. The first-order chi connectivity index (χ1) is 13.0. The van der Waals surface area contributed by atoms with Crippen LogP contribution < -0.4 is 4.74 Å². The van der Waals surface area contributed by atoms with Crippen molar-refractivity contribution in [3.8, 4) is 5.75 Å². The third-order valence-corrected chi connectivity index (χ3v) is 7.28. The number of amides is 1. The molecular formula is C22H28N2O3. The molecule has 0 N–H and O–H groups in total. The number of carbonyl (C=O) groups excluding carboxylic acids is 2. The van der Waals surface area contributed by atoms with Crippen LogP contribution in [0.4, 0.5) is 0 Å². The average molecular weight is 368 g/mol. The molecule has 1 aromatic carbocycles. The Labute approximate surface area is 160 Å². The predicted octanol–water partition coefficient (Wildman–Crippen LogP) is 2.60. The Morgan fingerprint density at radius 2 is 1.93 bits per heavy atom. The minimum absolute atomic E-state index is 0.0578. The zero-order valence-electron chi connectivity index (χ0n) is 16.2. The Kier molecular flexibility index (Phi) is 3.87. The lowest BCUT2D eigenvalue weighted by molar-refractivity contribution is -0.136. The largest absolute Gasteiger partial charge is 0.486 e. The number of rotatable bonds is 2. The normalized spacial score (nSPS) is 35.1. The maximum Gasteiger partial charge on any atom is 0.226 e. The number of hydrogen-bond donors (Lipinski definition) is 0. The van der Waals surface area contributed by atoms with Crippen LogP contribution in [0.15, 0.2) is 24.3 Å². The van der Waals surface area contributed by atoms with Crippen LogP contribution >= 0.6 is 0 Å². The molecular weight excluding hydrogens is 340 g/mol. The van der Waals surface area contributed by atoms with Gasteiger partial charge in [0.15, 0.2) is 5.78 Å². The first-order valence-corrected chi connectivity index (χ1v) is 10.3. The molecule has 0 unspecified atom stereocenters. The van der Waals surface area contributed by atoms with Crippen LogP contribution in [0.25, 0.3) is 0 Å². The molecule has 144 valence electrons. The van der Waals surface area contributed by atoms with Crippen molar-refractivity contribution < 1.29 is 14.3 Å². The Hall–Kier alpha value is -1.88. The molecule has 2 heterocycles. The number of piperazine rings is 1. The number of ketones is 1. The minimum atomic E-state index is -0.448. The lowest BCUT2D eigenvalue weighted by Gasteiger charge is -2.39. The number of carbonyl (C=O) groups is 2. The van der Waals surface area contributed by atoms with E-state index in [4.69, 9.17) is 4.74 Å². The summed E-state index contributed by atoms with van der Waals surface area (Å²) in [6.45, 7) is 7.98. The average Bonchev–Trinajstić information content (AvgIpc) is 3.32. The van der Waals surface area contributed by atoms with E-state index in [1.165, 1.54) is 0 Å². The van der Waals surface area contributed by atoms with E-state index in [1.54, 1.807) is 0 Å². The smallest absolute Gasteiger partial charge is 0.226 e. The Bertz CT molecular complexity index is 784. The van der Waals surface area contributed by atoms with Crippen LogP contribution in [0, 0.1) is 17.8 Å². The van der Waals surface area contributed by atoms with Crippen molar-refractivity contribution in [1.82, 2.24) is 9.80 Å². The maximum absolute atomic E-state index is 13.2. The fourth-order valence-corrected chi connectivity index (χ4v) is 5.77. The molecule has 5 nitrogen and oxygen atoms in total. The van der Waals surface area contributed by atoms with Gasteiger partial charge in [0.1, 0.15) is 11.4 Å². The molecule has 2 saturated carbocycles. The van der Waals surface area contributed by atoms with Gasteiger partial charge in [-0.3, -0.25) is 14.5 Å². The third kappa shape index (κ3) is 2.62. The van der Waals surface area contributed by atoms with Gasteiger partial charge in [-0.1, -0.05) is 12.1 Å². The topological polar surface area (TPSA) is 49.9 Å². The van der Waals surface area contributed by atoms with Crippen molar-refractivity contribution in [3.63, 3.8) is 0 Å². The summed E-state index contributed by atoms with van der Waals surface area (Å²) in [5.41, 5.74) is 0.246. The molecule has 1 amide bonds. The summed E-state index contributed by atoms with van der Waals surface area (Å²) in [5, 5.41) is 0. The first-order valence-electron chi connectivity index (χ1n) is 10.3. The van der Waals surface area contributed by atoms with Crippen LogP contribution in [-0.4, -0.2) is 59.3 Å². The van der Waals surface area contributed by atoms with Crippen LogP contribution in [-0.2, 0) is 4.79 Å². The van der Waals surface area contributed by atoms with Gasteiger partial charge in [0, 0.05) is 44.1 Å². The number of ether oxygens (including phenoxy) is 1. The molecule has 1 saturated heterocycles. The SMILES string of the molecule is CC(C)N1CCN(C(=O)[C@@H]2[C@H]3CC[C@@]4(CC(=O)c5ccccc5O4)[C@@H]32)CC1. The number of benzene rings is 1. The highest BCUT2D eigenvalue weighted by molar-refractivity contribution is 6.00. The molecule has 1 aromatic rings. The lowest BCUT2D eigenvalue weighted by atomic mass is 9.84. The number of nitrogens with zero attached hydrogens (tertiary/aromatic N) is 2. The van der Waals surface area contributed by atoms with Gasteiger partial charge in [0.05, 0.1) is 12.0 Å². The monoisotopic (exact) mass is 368 g/mol. The van der Waals surface area contributed by atoms with E-state index in [1.807, 2.05) is 29.2 Å². The van der Waals surface area contributed by atoms with Gasteiger partial charge in [-0.2, -0.15) is 0 Å². The number of fused-ring (bicyclic) bond motifs is 3. The molecule has 0 bridgehead atoms. The Morgan fingerprint density at radius 1 is 1.19 bits per heavy atom. The summed E-state index contributed by atoms with van der Waals surface area (Å²) < 4.78 is 6.42. The van der Waals surface area contributed by atoms with Crippen LogP contribution in [0.2, 0.25) is 0 Å². The molecule has 5 heteroatoms. The molecule has 2 aliphatic carbocycles. The summed E-state index contributed by atoms with van der Waals surface area (Å²) in [4.78, 5) is 30.4. The predicted molar refractivity (Wildman–Crippen MR) is 102 cm³/mol. The quantitative estimate of drug-likeness (QED) is 0.805. The molecule has 3 fully saturated rings. The fourth-order valence-electron chi connectivity index (χ4n) is 5.77. The van der Waals surface area contributed by atoms with Crippen molar-refractivity contribution in [2.24, 2.45) is 17.8 Å². The Balaban J connectivity index is 1.31. The van der Waals surface area contributed by atoms with Crippen molar-refractivity contribution >= 4 is 11.7 Å². The van der Waals surface area contributed by atoms with E-state index < -0.39 is 5.60 Å². The van der Waals surface area contributed by atoms with Crippen molar-refractivity contribution in [1.29, 1.82) is 0 Å². The summed E-state index contributed by atoms with van der Waals surface area (Å²) in [6.07, 6.45) is 2.33. The van der Waals surface area contributed by atoms with E-state index in [0.717, 1.165) is 39.0 Å². The summed E-state index contributed by atoms with van der Waals surface area (Å²) in [5.74, 6) is 1.84. The zero-order valence-corrected chi connectivity index (χ0v) is 16.2. The van der Waals surface area contributed by atoms with E-state index in [0.29, 0.717) is 35.6 Å². The van der Waals surface area contributed by atoms with Crippen molar-refractivity contribution in [2.45, 2.75) is 44.8 Å². The molecule has 0 radical (unpaired) electrons. The summed E-state index contributed by atoms with van der Waals surface area (Å²) >= 11 is 0. The zero-order chi connectivity index (χ0) is 18.8. The number of Topliss-reactive ketones (excluding diaryl/α,β-unsaturated/α-hetero) is 1. The van der Waals surface area contributed by atoms with Gasteiger partial charge in [0.25, 0.3) is 0 Å². The van der Waals surface area contributed by atoms with Gasteiger partial charge in [0.2, 0.25) is 5.91 Å². The van der Waals surface area contributed by atoms with Gasteiger partial charge in [-0.15, -0.1) is 0 Å². The van der Waals surface area contributed by atoms with Gasteiger partial charge in [-0.25, -0.2) is 0 Å². The third-order valence-electron chi connectivity index (χ3n) is 7.28. The highest BCUT2D eigenvalue weighted by Crippen LogP contribution is 2.66. The van der Waals surface area contributed by atoms with Crippen molar-refractivity contribution in [3.05, 3.63) is 29.8 Å². The minimum Gasteiger partial charge on any atom is -0.486 e. The summed E-state index contributed by atoms with van der Waals surface area (Å²) in [6, 6.07) is 8.08. The lowest BCUT2D eigenvalue weighted by Crippen LogP contribution is -2.52. The molecule has 1 spiro atoms. The fraction of sp³-hybridized carbons (Fsp3) is 0.636. The molecule has 4 aliphatic rings. The highest BCUT2D eigenvalue weighted by Gasteiger charge is 2.71. The van der Waals surface area contributed by atoms with Crippen LogP contribution in [0.5, 0.6) is 5.75 Å². The number of para-hydroxylation sites is 1. The van der Waals surface area contributed by atoms with E-state index in [9.17, 15) is 9.59 Å². The van der Waals surface area contributed by atoms with Crippen LogP contribution in [0.1, 0.15) is 43.5 Å². The van der Waals surface area contributed by atoms with Gasteiger partial charge >= 0.3 is 0 Å². The molecule has 2 aliphatic heterocycles.